The van der Waals surface area contributed by atoms with Crippen LogP contribution in [0.25, 0.3) is 0 Å². The molecule has 3 aliphatic rings. The fourth-order valence-corrected chi connectivity index (χ4v) is 4.29. The molecule has 0 N–H and O–H groups in total. The van der Waals surface area contributed by atoms with Gasteiger partial charge >= 0.3 is 0 Å². The number of piperidine rings is 1. The molecule has 0 unspecified atom stereocenters. The van der Waals surface area contributed by atoms with Crippen molar-refractivity contribution >= 4 is 11.7 Å². The summed E-state index contributed by atoms with van der Waals surface area (Å²) in [6, 6.07) is 6.10. The molecule has 2 aromatic rings. The predicted molar refractivity (Wildman–Crippen MR) is 104 cm³/mol. The number of pyridine rings is 1. The standard InChI is InChI=1S/C21H27N5O/c1-3-6-16-11-23-15(2)24-20(16)25-12-17-8-9-19(14-25)26(21(17)27)13-18-7-4-5-10-22-18/h4-5,7,10-11,17,19H,3,6,8-9,12-14H2,1-2H3/t17-,19+/m0/s1. The summed E-state index contributed by atoms with van der Waals surface area (Å²) in [6.45, 7) is 6.29. The molecule has 0 saturated carbocycles. The molecule has 0 spiro atoms. The molecule has 142 valence electrons. The highest BCUT2D eigenvalue weighted by atomic mass is 16.2. The van der Waals surface area contributed by atoms with Crippen LogP contribution in [0.3, 0.4) is 0 Å². The van der Waals surface area contributed by atoms with Crippen molar-refractivity contribution in [3.05, 3.63) is 47.7 Å². The first-order valence-electron chi connectivity index (χ1n) is 9.93. The Morgan fingerprint density at radius 2 is 2.07 bits per heavy atom. The van der Waals surface area contributed by atoms with Gasteiger partial charge in [0, 0.05) is 37.1 Å². The fourth-order valence-electron chi connectivity index (χ4n) is 4.29. The maximum Gasteiger partial charge on any atom is 0.228 e. The van der Waals surface area contributed by atoms with Gasteiger partial charge in [-0.15, -0.1) is 0 Å². The predicted octanol–water partition coefficient (Wildman–Crippen LogP) is 2.76. The Bertz CT molecular complexity index is 809. The fraction of sp³-hybridized carbons (Fsp3) is 0.524. The number of carbonyl (C=O) groups excluding carboxylic acids is 1. The van der Waals surface area contributed by atoms with Crippen LogP contribution in [-0.2, 0) is 17.8 Å². The monoisotopic (exact) mass is 365 g/mol. The van der Waals surface area contributed by atoms with Gasteiger partial charge in [0.05, 0.1) is 18.2 Å². The van der Waals surface area contributed by atoms with Gasteiger partial charge < -0.3 is 9.80 Å². The number of amides is 1. The summed E-state index contributed by atoms with van der Waals surface area (Å²) >= 11 is 0. The number of hydrogen-bond donors (Lipinski definition) is 0. The molecule has 2 aromatic heterocycles. The van der Waals surface area contributed by atoms with Crippen molar-refractivity contribution in [2.75, 3.05) is 18.0 Å². The van der Waals surface area contributed by atoms with Crippen molar-refractivity contribution in [3.63, 3.8) is 0 Å². The molecule has 0 aliphatic carbocycles. The normalized spacial score (nSPS) is 22.2. The summed E-state index contributed by atoms with van der Waals surface area (Å²) in [5, 5.41) is 0. The molecule has 27 heavy (non-hydrogen) atoms. The molecular formula is C21H27N5O. The summed E-state index contributed by atoms with van der Waals surface area (Å²) < 4.78 is 0. The lowest BCUT2D eigenvalue weighted by atomic mass is 9.94. The van der Waals surface area contributed by atoms with Crippen LogP contribution in [0.5, 0.6) is 0 Å². The Labute approximate surface area is 160 Å². The Morgan fingerprint density at radius 1 is 1.19 bits per heavy atom. The Morgan fingerprint density at radius 3 is 2.85 bits per heavy atom. The third kappa shape index (κ3) is 3.66. The number of hydrogen-bond acceptors (Lipinski definition) is 5. The number of rotatable bonds is 5. The number of carbonyl (C=O) groups is 1. The van der Waals surface area contributed by atoms with Crippen LogP contribution >= 0.6 is 0 Å². The van der Waals surface area contributed by atoms with Gasteiger partial charge in [0.25, 0.3) is 0 Å². The first kappa shape index (κ1) is 17.9. The maximum absolute atomic E-state index is 13.1. The first-order chi connectivity index (χ1) is 13.2. The second-order valence-electron chi connectivity index (χ2n) is 7.64. The molecule has 3 saturated heterocycles. The second kappa shape index (κ2) is 7.62. The van der Waals surface area contributed by atoms with E-state index in [1.165, 1.54) is 5.56 Å². The van der Waals surface area contributed by atoms with Gasteiger partial charge in [-0.1, -0.05) is 19.4 Å². The Balaban J connectivity index is 1.61. The van der Waals surface area contributed by atoms with Crippen LogP contribution in [0.1, 0.15) is 43.3 Å². The number of aryl methyl sites for hydroxylation is 2. The van der Waals surface area contributed by atoms with Crippen LogP contribution in [0.15, 0.2) is 30.6 Å². The van der Waals surface area contributed by atoms with Crippen LogP contribution in [0, 0.1) is 12.8 Å². The van der Waals surface area contributed by atoms with Gasteiger partial charge in [0.15, 0.2) is 0 Å². The highest BCUT2D eigenvalue weighted by Crippen LogP contribution is 2.33. The third-order valence-electron chi connectivity index (χ3n) is 5.63. The zero-order valence-electron chi connectivity index (χ0n) is 16.1. The summed E-state index contributed by atoms with van der Waals surface area (Å²) in [4.78, 5) is 31.1. The van der Waals surface area contributed by atoms with E-state index < -0.39 is 0 Å². The van der Waals surface area contributed by atoms with Crippen LogP contribution < -0.4 is 4.90 Å². The minimum absolute atomic E-state index is 0.0391. The number of fused-ring (bicyclic) bond motifs is 4. The van der Waals surface area contributed by atoms with Crippen LogP contribution in [0.2, 0.25) is 0 Å². The summed E-state index contributed by atoms with van der Waals surface area (Å²) in [5.41, 5.74) is 2.14. The molecule has 0 aromatic carbocycles. The lowest BCUT2D eigenvalue weighted by Gasteiger charge is -2.35. The van der Waals surface area contributed by atoms with Crippen molar-refractivity contribution in [1.82, 2.24) is 19.9 Å². The smallest absolute Gasteiger partial charge is 0.228 e. The molecular weight excluding hydrogens is 338 g/mol. The third-order valence-corrected chi connectivity index (χ3v) is 5.63. The molecule has 3 fully saturated rings. The summed E-state index contributed by atoms with van der Waals surface area (Å²) in [5.74, 6) is 2.12. The minimum Gasteiger partial charge on any atom is -0.353 e. The van der Waals surface area contributed by atoms with Gasteiger partial charge in [0.2, 0.25) is 5.91 Å². The number of nitrogens with zero attached hydrogens (tertiary/aromatic N) is 5. The van der Waals surface area contributed by atoms with Crippen LogP contribution in [-0.4, -0.2) is 44.9 Å². The average Bonchev–Trinajstić information content (AvgIpc) is 2.97. The van der Waals surface area contributed by atoms with Crippen molar-refractivity contribution < 1.29 is 4.79 Å². The maximum atomic E-state index is 13.1. The average molecular weight is 365 g/mol. The number of aromatic nitrogens is 3. The highest BCUT2D eigenvalue weighted by molar-refractivity contribution is 5.81. The zero-order valence-corrected chi connectivity index (χ0v) is 16.1. The van der Waals surface area contributed by atoms with Crippen molar-refractivity contribution in [3.8, 4) is 0 Å². The molecule has 6 nitrogen and oxygen atoms in total. The number of anilines is 1. The minimum atomic E-state index is 0.0391. The van der Waals surface area contributed by atoms with Gasteiger partial charge in [-0.3, -0.25) is 9.78 Å². The molecule has 5 heterocycles. The van der Waals surface area contributed by atoms with E-state index in [0.717, 1.165) is 56.1 Å². The first-order valence-corrected chi connectivity index (χ1v) is 9.93. The van der Waals surface area contributed by atoms with E-state index in [2.05, 4.69) is 21.8 Å². The van der Waals surface area contributed by atoms with Gasteiger partial charge in [-0.25, -0.2) is 9.97 Å². The summed E-state index contributed by atoms with van der Waals surface area (Å²) in [6.07, 6.45) is 7.79. The quantitative estimate of drug-likeness (QED) is 0.815. The Hall–Kier alpha value is -2.50. The molecule has 5 rings (SSSR count). The largest absolute Gasteiger partial charge is 0.353 e. The van der Waals surface area contributed by atoms with E-state index in [4.69, 9.17) is 4.98 Å². The molecule has 1 amide bonds. The topological polar surface area (TPSA) is 62.2 Å². The Kier molecular flexibility index (Phi) is 5.05. The van der Waals surface area contributed by atoms with Crippen molar-refractivity contribution in [2.45, 2.75) is 52.1 Å². The van der Waals surface area contributed by atoms with Gasteiger partial charge in [0.1, 0.15) is 11.6 Å². The van der Waals surface area contributed by atoms with Crippen molar-refractivity contribution in [1.29, 1.82) is 0 Å². The molecule has 3 aliphatic heterocycles. The lowest BCUT2D eigenvalue weighted by Crippen LogP contribution is -2.47. The van der Waals surface area contributed by atoms with Gasteiger partial charge in [-0.05, 0) is 38.3 Å². The van der Waals surface area contributed by atoms with E-state index in [1.54, 1.807) is 6.20 Å². The van der Waals surface area contributed by atoms with Crippen molar-refractivity contribution in [2.24, 2.45) is 5.92 Å². The van der Waals surface area contributed by atoms with E-state index in [9.17, 15) is 4.79 Å². The molecule has 2 atom stereocenters. The zero-order chi connectivity index (χ0) is 18.8. The SMILES string of the molecule is CCCc1cnc(C)nc1N1C[C@@H]2CC[C@H](C1)N(Cc1ccccn1)C2=O. The van der Waals surface area contributed by atoms with E-state index in [1.807, 2.05) is 36.2 Å². The van der Waals surface area contributed by atoms with Crippen LogP contribution in [0.4, 0.5) is 5.82 Å². The molecule has 2 bridgehead atoms. The van der Waals surface area contributed by atoms with E-state index in [-0.39, 0.29) is 17.9 Å². The molecule has 0 radical (unpaired) electrons. The summed E-state index contributed by atoms with van der Waals surface area (Å²) in [7, 11) is 0. The van der Waals surface area contributed by atoms with Gasteiger partial charge in [-0.2, -0.15) is 0 Å². The lowest BCUT2D eigenvalue weighted by molar-refractivity contribution is -0.140. The van der Waals surface area contributed by atoms with E-state index >= 15 is 0 Å². The molecule has 6 heteroatoms. The van der Waals surface area contributed by atoms with E-state index in [0.29, 0.717) is 6.54 Å². The second-order valence-corrected chi connectivity index (χ2v) is 7.64. The highest BCUT2D eigenvalue weighted by Gasteiger charge is 2.41.